The third-order valence-corrected chi connectivity index (χ3v) is 3.46. The van der Waals surface area contributed by atoms with E-state index in [-0.39, 0.29) is 6.04 Å². The van der Waals surface area contributed by atoms with Crippen LogP contribution in [-0.4, -0.2) is 9.78 Å². The number of thiophene rings is 1. The molecule has 0 amide bonds. The van der Waals surface area contributed by atoms with Gasteiger partial charge in [0.1, 0.15) is 0 Å². The van der Waals surface area contributed by atoms with Gasteiger partial charge in [-0.1, -0.05) is 6.92 Å². The molecule has 4 nitrogen and oxygen atoms in total. The predicted octanol–water partition coefficient (Wildman–Crippen LogP) is 2.10. The normalized spacial score (nSPS) is 12.8. The summed E-state index contributed by atoms with van der Waals surface area (Å²) >= 11 is 1.71. The minimum atomic E-state index is 0.134. The van der Waals surface area contributed by atoms with E-state index in [2.05, 4.69) is 40.5 Å². The van der Waals surface area contributed by atoms with Crippen LogP contribution in [0, 0.1) is 0 Å². The number of nitrogens with one attached hydrogen (secondary N) is 1. The molecular weight excluding hydrogens is 232 g/mol. The SMILES string of the molecule is CCCn1cc(C(Cc2ccsc2)NN)cn1. The van der Waals surface area contributed by atoms with E-state index in [1.807, 2.05) is 10.9 Å². The van der Waals surface area contributed by atoms with E-state index < -0.39 is 0 Å². The van der Waals surface area contributed by atoms with Crippen molar-refractivity contribution in [3.63, 3.8) is 0 Å². The number of nitrogens with zero attached hydrogens (tertiary/aromatic N) is 2. The van der Waals surface area contributed by atoms with E-state index in [0.717, 1.165) is 24.9 Å². The number of nitrogens with two attached hydrogens (primary N) is 1. The lowest BCUT2D eigenvalue weighted by atomic mass is 10.0. The minimum absolute atomic E-state index is 0.134. The lowest BCUT2D eigenvalue weighted by Gasteiger charge is -2.12. The zero-order valence-electron chi connectivity index (χ0n) is 9.97. The van der Waals surface area contributed by atoms with Gasteiger partial charge in [-0.3, -0.25) is 16.0 Å². The van der Waals surface area contributed by atoms with Crippen molar-refractivity contribution in [1.29, 1.82) is 0 Å². The largest absolute Gasteiger partial charge is 0.272 e. The Balaban J connectivity index is 2.06. The van der Waals surface area contributed by atoms with Gasteiger partial charge in [-0.25, -0.2) is 0 Å². The van der Waals surface area contributed by atoms with Gasteiger partial charge >= 0.3 is 0 Å². The molecule has 3 N–H and O–H groups in total. The molecule has 2 rings (SSSR count). The zero-order valence-corrected chi connectivity index (χ0v) is 10.8. The Morgan fingerprint density at radius 3 is 3.12 bits per heavy atom. The highest BCUT2D eigenvalue weighted by Gasteiger charge is 2.12. The first kappa shape index (κ1) is 12.3. The van der Waals surface area contributed by atoms with Gasteiger partial charge in [-0.15, -0.1) is 0 Å². The standard InChI is InChI=1S/C12H18N4S/c1-2-4-16-8-11(7-14-16)12(15-13)6-10-3-5-17-9-10/h3,5,7-9,12,15H,2,4,6,13H2,1H3. The first-order valence-electron chi connectivity index (χ1n) is 5.83. The molecular formula is C12H18N4S. The van der Waals surface area contributed by atoms with Crippen molar-refractivity contribution >= 4 is 11.3 Å². The van der Waals surface area contributed by atoms with Gasteiger partial charge in [0, 0.05) is 18.3 Å². The van der Waals surface area contributed by atoms with Gasteiger partial charge in [-0.2, -0.15) is 16.4 Å². The molecule has 0 saturated carbocycles. The van der Waals surface area contributed by atoms with Gasteiger partial charge in [0.05, 0.1) is 12.2 Å². The summed E-state index contributed by atoms with van der Waals surface area (Å²) in [6.07, 6.45) is 5.96. The van der Waals surface area contributed by atoms with E-state index in [0.29, 0.717) is 0 Å². The molecule has 1 atom stereocenters. The average molecular weight is 250 g/mol. The van der Waals surface area contributed by atoms with Gasteiger partial charge < -0.3 is 0 Å². The number of aromatic nitrogens is 2. The van der Waals surface area contributed by atoms with Crippen LogP contribution in [0.25, 0.3) is 0 Å². The predicted molar refractivity (Wildman–Crippen MR) is 70.6 cm³/mol. The molecule has 0 aliphatic rings. The lowest BCUT2D eigenvalue weighted by Crippen LogP contribution is -2.29. The molecule has 0 bridgehead atoms. The van der Waals surface area contributed by atoms with Crippen LogP contribution < -0.4 is 11.3 Å². The van der Waals surface area contributed by atoms with E-state index in [4.69, 9.17) is 5.84 Å². The van der Waals surface area contributed by atoms with Crippen molar-refractivity contribution in [2.45, 2.75) is 32.4 Å². The van der Waals surface area contributed by atoms with E-state index in [1.54, 1.807) is 11.3 Å². The number of hydrazine groups is 1. The van der Waals surface area contributed by atoms with Crippen LogP contribution >= 0.6 is 11.3 Å². The molecule has 92 valence electrons. The quantitative estimate of drug-likeness (QED) is 0.610. The van der Waals surface area contributed by atoms with Gasteiger partial charge in [0.15, 0.2) is 0 Å². The summed E-state index contributed by atoms with van der Waals surface area (Å²) < 4.78 is 1.97. The topological polar surface area (TPSA) is 55.9 Å². The maximum Gasteiger partial charge on any atom is 0.0538 e. The molecule has 0 aliphatic carbocycles. The van der Waals surface area contributed by atoms with Crippen LogP contribution in [0.4, 0.5) is 0 Å². The van der Waals surface area contributed by atoms with Crippen molar-refractivity contribution in [2.75, 3.05) is 0 Å². The highest BCUT2D eigenvalue weighted by molar-refractivity contribution is 7.07. The summed E-state index contributed by atoms with van der Waals surface area (Å²) in [4.78, 5) is 0. The monoisotopic (exact) mass is 250 g/mol. The Morgan fingerprint density at radius 2 is 2.47 bits per heavy atom. The highest BCUT2D eigenvalue weighted by atomic mass is 32.1. The smallest absolute Gasteiger partial charge is 0.0538 e. The van der Waals surface area contributed by atoms with E-state index in [9.17, 15) is 0 Å². The lowest BCUT2D eigenvalue weighted by molar-refractivity contribution is 0.549. The molecule has 0 radical (unpaired) electrons. The maximum absolute atomic E-state index is 5.62. The molecule has 1 unspecified atom stereocenters. The van der Waals surface area contributed by atoms with Crippen molar-refractivity contribution in [3.05, 3.63) is 40.3 Å². The third-order valence-electron chi connectivity index (χ3n) is 2.73. The second kappa shape index (κ2) is 5.95. The van der Waals surface area contributed by atoms with Crippen molar-refractivity contribution in [3.8, 4) is 0 Å². The second-order valence-corrected chi connectivity index (χ2v) is 4.87. The molecule has 0 fully saturated rings. The first-order chi connectivity index (χ1) is 8.33. The Kier molecular flexibility index (Phi) is 4.30. The van der Waals surface area contributed by atoms with Crippen LogP contribution in [0.3, 0.4) is 0 Å². The fourth-order valence-corrected chi connectivity index (χ4v) is 2.51. The molecule has 2 aromatic heterocycles. The Hall–Kier alpha value is -1.17. The first-order valence-corrected chi connectivity index (χ1v) is 6.77. The average Bonchev–Trinajstić information content (AvgIpc) is 2.97. The number of aryl methyl sites for hydroxylation is 1. The minimum Gasteiger partial charge on any atom is -0.272 e. The Morgan fingerprint density at radius 1 is 1.59 bits per heavy atom. The van der Waals surface area contributed by atoms with Crippen molar-refractivity contribution in [1.82, 2.24) is 15.2 Å². The molecule has 0 aromatic carbocycles. The van der Waals surface area contributed by atoms with Crippen LogP contribution in [0.1, 0.15) is 30.5 Å². The summed E-state index contributed by atoms with van der Waals surface area (Å²) in [7, 11) is 0. The summed E-state index contributed by atoms with van der Waals surface area (Å²) in [6.45, 7) is 3.10. The zero-order chi connectivity index (χ0) is 12.1. The van der Waals surface area contributed by atoms with E-state index >= 15 is 0 Å². The fourth-order valence-electron chi connectivity index (χ4n) is 1.83. The summed E-state index contributed by atoms with van der Waals surface area (Å²) in [6, 6.07) is 2.26. The number of hydrogen-bond acceptors (Lipinski definition) is 4. The number of hydrogen-bond donors (Lipinski definition) is 2. The summed E-state index contributed by atoms with van der Waals surface area (Å²) in [5.74, 6) is 5.62. The third kappa shape index (κ3) is 3.15. The molecule has 17 heavy (non-hydrogen) atoms. The van der Waals surface area contributed by atoms with Crippen molar-refractivity contribution in [2.24, 2.45) is 5.84 Å². The molecule has 0 aliphatic heterocycles. The molecule has 2 heterocycles. The van der Waals surface area contributed by atoms with Gasteiger partial charge in [-0.05, 0) is 35.2 Å². The molecule has 5 heteroatoms. The number of rotatable bonds is 6. The van der Waals surface area contributed by atoms with Crippen LogP contribution in [0.2, 0.25) is 0 Å². The molecule has 2 aromatic rings. The molecule has 0 spiro atoms. The summed E-state index contributed by atoms with van der Waals surface area (Å²) in [5.41, 5.74) is 5.32. The second-order valence-electron chi connectivity index (χ2n) is 4.09. The Bertz CT molecular complexity index is 435. The van der Waals surface area contributed by atoms with Gasteiger partial charge in [0.25, 0.3) is 0 Å². The highest BCUT2D eigenvalue weighted by Crippen LogP contribution is 2.18. The Labute approximate surface area is 105 Å². The van der Waals surface area contributed by atoms with Gasteiger partial charge in [0.2, 0.25) is 0 Å². The van der Waals surface area contributed by atoms with Crippen LogP contribution in [-0.2, 0) is 13.0 Å². The molecule has 0 saturated heterocycles. The van der Waals surface area contributed by atoms with Crippen LogP contribution in [0.5, 0.6) is 0 Å². The fraction of sp³-hybridized carbons (Fsp3) is 0.417. The van der Waals surface area contributed by atoms with Crippen molar-refractivity contribution < 1.29 is 0 Å². The van der Waals surface area contributed by atoms with Crippen LogP contribution in [0.15, 0.2) is 29.2 Å². The van der Waals surface area contributed by atoms with E-state index in [1.165, 1.54) is 5.56 Å². The summed E-state index contributed by atoms with van der Waals surface area (Å²) in [5, 5.41) is 8.57. The maximum atomic E-state index is 5.62.